The number of aromatic amines is 1. The second-order valence-corrected chi connectivity index (χ2v) is 8.50. The Morgan fingerprint density at radius 2 is 1.68 bits per heavy atom. The molecule has 0 aliphatic heterocycles. The minimum absolute atomic E-state index is 0.199. The van der Waals surface area contributed by atoms with Crippen LogP contribution in [0.25, 0.3) is 33.3 Å². The van der Waals surface area contributed by atoms with Gasteiger partial charge in [-0.05, 0) is 49.7 Å². The Balaban J connectivity index is 1.46. The highest BCUT2D eigenvalue weighted by Crippen LogP contribution is 2.34. The van der Waals surface area contributed by atoms with Crippen molar-refractivity contribution < 1.29 is 4.74 Å². The molecule has 0 radical (unpaired) electrons. The summed E-state index contributed by atoms with van der Waals surface area (Å²) in [6.07, 6.45) is 2.72. The van der Waals surface area contributed by atoms with Crippen molar-refractivity contribution in [1.29, 1.82) is 0 Å². The zero-order chi connectivity index (χ0) is 23.3. The molecule has 5 heteroatoms. The second kappa shape index (κ2) is 9.89. The first kappa shape index (κ1) is 21.9. The number of nitrogens with one attached hydrogen (secondary N) is 2. The summed E-state index contributed by atoms with van der Waals surface area (Å²) in [7, 11) is 1.97. The summed E-state index contributed by atoms with van der Waals surface area (Å²) < 4.78 is 6.24. The maximum absolute atomic E-state index is 6.24. The Morgan fingerprint density at radius 3 is 2.44 bits per heavy atom. The van der Waals surface area contributed by atoms with Crippen LogP contribution in [0.2, 0.25) is 0 Å². The van der Waals surface area contributed by atoms with E-state index in [2.05, 4.69) is 70.1 Å². The smallest absolute Gasteiger partial charge is 0.138 e. The number of aryl methyl sites for hydroxylation is 1. The minimum atomic E-state index is 0.199. The van der Waals surface area contributed by atoms with E-state index in [1.54, 1.807) is 0 Å². The van der Waals surface area contributed by atoms with Crippen molar-refractivity contribution in [3.8, 4) is 28.1 Å². The third-order valence-electron chi connectivity index (χ3n) is 6.15. The van der Waals surface area contributed by atoms with E-state index in [1.807, 2.05) is 50.5 Å². The molecule has 34 heavy (non-hydrogen) atoms. The number of likely N-dealkylation sites (N-methyl/N-ethyl adjacent to an activating group) is 1. The fourth-order valence-corrected chi connectivity index (χ4v) is 4.22. The lowest BCUT2D eigenvalue weighted by Gasteiger charge is -2.18. The zero-order valence-electron chi connectivity index (χ0n) is 19.5. The molecule has 0 unspecified atom stereocenters. The summed E-state index contributed by atoms with van der Waals surface area (Å²) >= 11 is 0. The number of H-pyrrole nitrogens is 1. The van der Waals surface area contributed by atoms with E-state index in [-0.39, 0.29) is 6.04 Å². The average Bonchev–Trinajstić information content (AvgIpc) is 3.27. The van der Waals surface area contributed by atoms with Crippen LogP contribution >= 0.6 is 0 Å². The highest BCUT2D eigenvalue weighted by molar-refractivity contribution is 5.90. The molecule has 0 saturated carbocycles. The number of benzene rings is 3. The summed E-state index contributed by atoms with van der Waals surface area (Å²) in [5.74, 6) is 0.756. The Morgan fingerprint density at radius 1 is 0.912 bits per heavy atom. The number of pyridine rings is 1. The lowest BCUT2D eigenvalue weighted by atomic mass is 9.98. The maximum Gasteiger partial charge on any atom is 0.138 e. The molecular formula is C29H28N4O. The lowest BCUT2D eigenvalue weighted by Crippen LogP contribution is -2.33. The molecule has 0 spiro atoms. The van der Waals surface area contributed by atoms with Gasteiger partial charge >= 0.3 is 0 Å². The molecule has 5 rings (SSSR count). The van der Waals surface area contributed by atoms with Crippen LogP contribution in [0.5, 0.6) is 5.75 Å². The molecule has 0 saturated heterocycles. The van der Waals surface area contributed by atoms with Gasteiger partial charge in [0.2, 0.25) is 0 Å². The van der Waals surface area contributed by atoms with Crippen LogP contribution in [0.3, 0.4) is 0 Å². The van der Waals surface area contributed by atoms with Crippen molar-refractivity contribution in [2.24, 2.45) is 0 Å². The molecule has 2 N–H and O–H groups in total. The van der Waals surface area contributed by atoms with Crippen LogP contribution < -0.4 is 10.1 Å². The Bertz CT molecular complexity index is 1380. The Kier molecular flexibility index (Phi) is 6.36. The molecule has 2 aromatic heterocycles. The summed E-state index contributed by atoms with van der Waals surface area (Å²) in [6, 6.07) is 29.4. The van der Waals surface area contributed by atoms with Gasteiger partial charge in [-0.1, -0.05) is 66.7 Å². The molecule has 3 aromatic carbocycles. The van der Waals surface area contributed by atoms with Gasteiger partial charge in [-0.25, -0.2) is 0 Å². The number of fused-ring (bicyclic) bond motifs is 1. The molecule has 2 heterocycles. The largest absolute Gasteiger partial charge is 0.490 e. The molecule has 5 nitrogen and oxygen atoms in total. The topological polar surface area (TPSA) is 62.8 Å². The number of ether oxygens (including phenoxy) is 1. The number of nitrogens with zero attached hydrogens (tertiary/aromatic N) is 2. The van der Waals surface area contributed by atoms with Gasteiger partial charge in [0, 0.05) is 28.2 Å². The molecule has 0 bridgehead atoms. The zero-order valence-corrected chi connectivity index (χ0v) is 19.5. The molecule has 170 valence electrons. The Hall–Kier alpha value is -3.96. The highest BCUT2D eigenvalue weighted by atomic mass is 16.5. The molecule has 5 aromatic rings. The number of hydrogen-bond donors (Lipinski definition) is 2. The number of hydrogen-bond acceptors (Lipinski definition) is 4. The standard InChI is InChI=1S/C29H28N4O/c1-20-26-16-23(13-14-28(26)33-32-20)27-17-25(18-31-29(27)22-11-7-4-8-12-22)34-19-24(30-2)15-21-9-5-3-6-10-21/h3-14,16-18,24,30H,15,19H2,1-2H3,(H,32,33)/t24-/m0/s1. The van der Waals surface area contributed by atoms with Crippen LogP contribution in [0.4, 0.5) is 0 Å². The molecule has 0 aliphatic carbocycles. The van der Waals surface area contributed by atoms with Crippen molar-refractivity contribution in [3.63, 3.8) is 0 Å². The van der Waals surface area contributed by atoms with Gasteiger partial charge in [0.1, 0.15) is 12.4 Å². The first-order valence-corrected chi connectivity index (χ1v) is 11.6. The van der Waals surface area contributed by atoms with E-state index >= 15 is 0 Å². The molecule has 0 aliphatic rings. The minimum Gasteiger partial charge on any atom is -0.490 e. The molecule has 0 amide bonds. The van der Waals surface area contributed by atoms with Gasteiger partial charge in [-0.2, -0.15) is 5.10 Å². The number of aromatic nitrogens is 3. The summed E-state index contributed by atoms with van der Waals surface area (Å²) in [4.78, 5) is 4.83. The summed E-state index contributed by atoms with van der Waals surface area (Å²) in [6.45, 7) is 2.59. The first-order chi connectivity index (χ1) is 16.7. The predicted molar refractivity (Wildman–Crippen MR) is 138 cm³/mol. The molecular weight excluding hydrogens is 420 g/mol. The molecule has 0 fully saturated rings. The van der Waals surface area contributed by atoms with Crippen LogP contribution in [0.1, 0.15) is 11.3 Å². The van der Waals surface area contributed by atoms with Gasteiger partial charge in [0.05, 0.1) is 17.4 Å². The van der Waals surface area contributed by atoms with E-state index in [4.69, 9.17) is 9.72 Å². The lowest BCUT2D eigenvalue weighted by molar-refractivity contribution is 0.269. The maximum atomic E-state index is 6.24. The monoisotopic (exact) mass is 448 g/mol. The first-order valence-electron chi connectivity index (χ1n) is 11.6. The molecule has 1 atom stereocenters. The van der Waals surface area contributed by atoms with Gasteiger partial charge in [0.15, 0.2) is 0 Å². The predicted octanol–water partition coefficient (Wildman–Crippen LogP) is 5.81. The second-order valence-electron chi connectivity index (χ2n) is 8.50. The number of rotatable bonds is 8. The van der Waals surface area contributed by atoms with Crippen LogP contribution in [-0.2, 0) is 6.42 Å². The third kappa shape index (κ3) is 4.70. The van der Waals surface area contributed by atoms with Crippen molar-refractivity contribution in [1.82, 2.24) is 20.5 Å². The van der Waals surface area contributed by atoms with Gasteiger partial charge in [-0.15, -0.1) is 0 Å². The van der Waals surface area contributed by atoms with Crippen molar-refractivity contribution >= 4 is 10.9 Å². The van der Waals surface area contributed by atoms with Crippen LogP contribution in [-0.4, -0.2) is 34.9 Å². The van der Waals surface area contributed by atoms with Crippen LogP contribution in [0.15, 0.2) is 91.1 Å². The van der Waals surface area contributed by atoms with E-state index in [0.29, 0.717) is 6.61 Å². The summed E-state index contributed by atoms with van der Waals surface area (Å²) in [5.41, 5.74) is 7.43. The average molecular weight is 449 g/mol. The van der Waals surface area contributed by atoms with E-state index in [9.17, 15) is 0 Å². The van der Waals surface area contributed by atoms with Crippen molar-refractivity contribution in [2.75, 3.05) is 13.7 Å². The fourth-order valence-electron chi connectivity index (χ4n) is 4.22. The SMILES string of the molecule is CN[C@H](COc1cnc(-c2ccccc2)c(-c2ccc3n[nH]c(C)c3c2)c1)Cc1ccccc1. The van der Waals surface area contributed by atoms with Gasteiger partial charge in [-0.3, -0.25) is 10.1 Å². The van der Waals surface area contributed by atoms with Gasteiger partial charge in [0.25, 0.3) is 0 Å². The Labute approximate surface area is 199 Å². The van der Waals surface area contributed by atoms with E-state index < -0.39 is 0 Å². The van der Waals surface area contributed by atoms with Crippen molar-refractivity contribution in [2.45, 2.75) is 19.4 Å². The third-order valence-corrected chi connectivity index (χ3v) is 6.15. The van der Waals surface area contributed by atoms with Gasteiger partial charge < -0.3 is 10.1 Å². The van der Waals surface area contributed by atoms with E-state index in [0.717, 1.165) is 51.2 Å². The highest BCUT2D eigenvalue weighted by Gasteiger charge is 2.14. The quantitative estimate of drug-likeness (QED) is 0.314. The van der Waals surface area contributed by atoms with Crippen LogP contribution in [0, 0.1) is 6.92 Å². The fraction of sp³-hybridized carbons (Fsp3) is 0.172. The summed E-state index contributed by atoms with van der Waals surface area (Å²) in [5, 5.41) is 11.9. The normalized spacial score (nSPS) is 12.1. The van der Waals surface area contributed by atoms with E-state index in [1.165, 1.54) is 5.56 Å². The van der Waals surface area contributed by atoms with Crippen molar-refractivity contribution in [3.05, 3.63) is 102 Å².